The van der Waals surface area contributed by atoms with Gasteiger partial charge in [0.1, 0.15) is 5.41 Å². The number of hydrogen-bond donors (Lipinski definition) is 1. The number of benzene rings is 1. The van der Waals surface area contributed by atoms with Gasteiger partial charge in [-0.3, -0.25) is 0 Å². The van der Waals surface area contributed by atoms with E-state index in [4.69, 9.17) is 4.74 Å². The van der Waals surface area contributed by atoms with Crippen LogP contribution < -0.4 is 5.32 Å². The third-order valence-corrected chi connectivity index (χ3v) is 3.98. The van der Waals surface area contributed by atoms with Crippen molar-refractivity contribution in [2.75, 3.05) is 20.3 Å². The number of nitriles is 1. The number of rotatable bonds is 3. The molecule has 0 aromatic heterocycles. The summed E-state index contributed by atoms with van der Waals surface area (Å²) in [5.41, 5.74) is 4.59. The van der Waals surface area contributed by atoms with Crippen LogP contribution in [0.1, 0.15) is 28.3 Å². The van der Waals surface area contributed by atoms with Crippen molar-refractivity contribution in [1.82, 2.24) is 5.32 Å². The molecule has 1 aromatic rings. The Kier molecular flexibility index (Phi) is 3.43. The molecule has 3 nitrogen and oxygen atoms in total. The molecule has 1 aliphatic rings. The van der Waals surface area contributed by atoms with Gasteiger partial charge in [-0.1, -0.05) is 12.1 Å². The van der Waals surface area contributed by atoms with Crippen molar-refractivity contribution in [3.63, 3.8) is 0 Å². The highest BCUT2D eigenvalue weighted by Crippen LogP contribution is 2.41. The maximum Gasteiger partial charge on any atom is 0.123 e. The quantitative estimate of drug-likeness (QED) is 0.888. The average Bonchev–Trinajstić information content (AvgIpc) is 2.29. The molecule has 3 heteroatoms. The highest BCUT2D eigenvalue weighted by molar-refractivity contribution is 5.40. The van der Waals surface area contributed by atoms with Crippen molar-refractivity contribution < 1.29 is 4.74 Å². The molecular formula is C15H20N2O. The minimum absolute atomic E-state index is 0.0375. The topological polar surface area (TPSA) is 45.0 Å². The van der Waals surface area contributed by atoms with E-state index in [-0.39, 0.29) is 6.04 Å². The van der Waals surface area contributed by atoms with Crippen LogP contribution >= 0.6 is 0 Å². The number of hydrogen-bond acceptors (Lipinski definition) is 3. The summed E-state index contributed by atoms with van der Waals surface area (Å²) in [5.74, 6) is 0. The molecule has 1 atom stereocenters. The van der Waals surface area contributed by atoms with Gasteiger partial charge in [0, 0.05) is 0 Å². The normalized spacial score (nSPS) is 18.8. The van der Waals surface area contributed by atoms with Gasteiger partial charge in [-0.2, -0.15) is 5.26 Å². The minimum atomic E-state index is -0.415. The van der Waals surface area contributed by atoms with E-state index in [0.717, 1.165) is 0 Å². The highest BCUT2D eigenvalue weighted by Gasteiger charge is 2.47. The van der Waals surface area contributed by atoms with E-state index >= 15 is 0 Å². The van der Waals surface area contributed by atoms with Crippen molar-refractivity contribution in [2.45, 2.75) is 26.8 Å². The molecule has 18 heavy (non-hydrogen) atoms. The third kappa shape index (κ3) is 1.92. The molecule has 0 radical (unpaired) electrons. The molecule has 1 N–H and O–H groups in total. The molecule has 1 aromatic carbocycles. The molecule has 1 unspecified atom stereocenters. The summed E-state index contributed by atoms with van der Waals surface area (Å²) in [5, 5.41) is 12.7. The molecule has 0 saturated carbocycles. The van der Waals surface area contributed by atoms with Gasteiger partial charge >= 0.3 is 0 Å². The molecule has 1 aliphatic heterocycles. The SMILES string of the molecule is CNC(c1cc(C)c(C)cc1C)C1(C#N)COC1. The monoisotopic (exact) mass is 244 g/mol. The lowest BCUT2D eigenvalue weighted by molar-refractivity contribution is -0.0964. The van der Waals surface area contributed by atoms with E-state index in [2.05, 4.69) is 44.3 Å². The van der Waals surface area contributed by atoms with Gasteiger partial charge in [0.05, 0.1) is 25.3 Å². The minimum Gasteiger partial charge on any atom is -0.378 e. The van der Waals surface area contributed by atoms with Crippen LogP contribution in [0.4, 0.5) is 0 Å². The van der Waals surface area contributed by atoms with Crippen LogP contribution in [0.25, 0.3) is 0 Å². The zero-order valence-corrected chi connectivity index (χ0v) is 11.5. The summed E-state index contributed by atoms with van der Waals surface area (Å²) in [6.45, 7) is 7.37. The van der Waals surface area contributed by atoms with E-state index in [9.17, 15) is 5.26 Å². The van der Waals surface area contributed by atoms with Crippen LogP contribution in [0.2, 0.25) is 0 Å². The lowest BCUT2D eigenvalue weighted by Crippen LogP contribution is -2.50. The molecule has 1 saturated heterocycles. The van der Waals surface area contributed by atoms with Gasteiger partial charge in [0.15, 0.2) is 0 Å². The van der Waals surface area contributed by atoms with E-state index in [1.54, 1.807) is 0 Å². The van der Waals surface area contributed by atoms with Crippen LogP contribution in [0, 0.1) is 37.5 Å². The number of nitrogens with one attached hydrogen (secondary N) is 1. The largest absolute Gasteiger partial charge is 0.378 e. The highest BCUT2D eigenvalue weighted by atomic mass is 16.5. The lowest BCUT2D eigenvalue weighted by Gasteiger charge is -2.42. The predicted molar refractivity (Wildman–Crippen MR) is 71.3 cm³/mol. The fourth-order valence-electron chi connectivity index (χ4n) is 2.64. The van der Waals surface area contributed by atoms with Gasteiger partial charge in [0.2, 0.25) is 0 Å². The van der Waals surface area contributed by atoms with Crippen molar-refractivity contribution in [1.29, 1.82) is 5.26 Å². The molecule has 0 aliphatic carbocycles. The first kappa shape index (κ1) is 13.1. The smallest absolute Gasteiger partial charge is 0.123 e. The van der Waals surface area contributed by atoms with Gasteiger partial charge < -0.3 is 10.1 Å². The van der Waals surface area contributed by atoms with Gasteiger partial charge in [0.25, 0.3) is 0 Å². The summed E-state index contributed by atoms with van der Waals surface area (Å²) < 4.78 is 5.26. The third-order valence-electron chi connectivity index (χ3n) is 3.98. The molecule has 0 bridgehead atoms. The number of ether oxygens (including phenoxy) is 1. The van der Waals surface area contributed by atoms with Crippen LogP contribution in [0.15, 0.2) is 12.1 Å². The van der Waals surface area contributed by atoms with Crippen LogP contribution in [-0.4, -0.2) is 20.3 Å². The second-order valence-corrected chi connectivity index (χ2v) is 5.28. The summed E-state index contributed by atoms with van der Waals surface area (Å²) >= 11 is 0. The van der Waals surface area contributed by atoms with Crippen molar-refractivity contribution in [3.8, 4) is 6.07 Å². The predicted octanol–water partition coefficient (Wildman–Crippen LogP) is 2.41. The van der Waals surface area contributed by atoms with Crippen molar-refractivity contribution >= 4 is 0 Å². The van der Waals surface area contributed by atoms with Gasteiger partial charge in [-0.05, 0) is 50.1 Å². The fourth-order valence-corrected chi connectivity index (χ4v) is 2.64. The van der Waals surface area contributed by atoms with Crippen LogP contribution in [0.5, 0.6) is 0 Å². The standard InChI is InChI=1S/C15H20N2O/c1-10-5-12(3)13(6-11(10)2)14(17-4)15(7-16)8-18-9-15/h5-6,14,17H,8-9H2,1-4H3. The zero-order valence-electron chi connectivity index (χ0n) is 11.5. The van der Waals surface area contributed by atoms with E-state index in [0.29, 0.717) is 13.2 Å². The Morgan fingerprint density at radius 3 is 2.28 bits per heavy atom. The van der Waals surface area contributed by atoms with Crippen LogP contribution in [-0.2, 0) is 4.74 Å². The summed E-state index contributed by atoms with van der Waals surface area (Å²) in [6.07, 6.45) is 0. The lowest BCUT2D eigenvalue weighted by atomic mass is 9.75. The first-order valence-corrected chi connectivity index (χ1v) is 6.28. The van der Waals surface area contributed by atoms with Gasteiger partial charge in [-0.25, -0.2) is 0 Å². The molecule has 0 spiro atoms. The Labute approximate surface area is 109 Å². The van der Waals surface area contributed by atoms with Gasteiger partial charge in [-0.15, -0.1) is 0 Å². The van der Waals surface area contributed by atoms with E-state index in [1.807, 2.05) is 7.05 Å². The maximum absolute atomic E-state index is 9.44. The molecule has 2 rings (SSSR count). The summed E-state index contributed by atoms with van der Waals surface area (Å²) in [4.78, 5) is 0. The Balaban J connectivity index is 2.46. The van der Waals surface area contributed by atoms with E-state index < -0.39 is 5.41 Å². The Morgan fingerprint density at radius 2 is 1.83 bits per heavy atom. The maximum atomic E-state index is 9.44. The average molecular weight is 244 g/mol. The second kappa shape index (κ2) is 4.72. The number of nitrogens with zero attached hydrogens (tertiary/aromatic N) is 1. The second-order valence-electron chi connectivity index (χ2n) is 5.28. The summed E-state index contributed by atoms with van der Waals surface area (Å²) in [7, 11) is 1.91. The molecule has 0 amide bonds. The molecule has 1 fully saturated rings. The molecular weight excluding hydrogens is 224 g/mol. The zero-order chi connectivity index (χ0) is 13.3. The number of aryl methyl sites for hydroxylation is 3. The Hall–Kier alpha value is -1.37. The summed E-state index contributed by atoms with van der Waals surface area (Å²) in [6, 6.07) is 6.87. The Morgan fingerprint density at radius 1 is 1.22 bits per heavy atom. The van der Waals surface area contributed by atoms with Crippen LogP contribution in [0.3, 0.4) is 0 Å². The first-order chi connectivity index (χ1) is 8.54. The first-order valence-electron chi connectivity index (χ1n) is 6.28. The van der Waals surface area contributed by atoms with Crippen molar-refractivity contribution in [2.24, 2.45) is 5.41 Å². The van der Waals surface area contributed by atoms with Crippen molar-refractivity contribution in [3.05, 3.63) is 34.4 Å². The molecule has 96 valence electrons. The fraction of sp³-hybridized carbons (Fsp3) is 0.533. The Bertz CT molecular complexity index is 498. The van der Waals surface area contributed by atoms with E-state index in [1.165, 1.54) is 22.3 Å². The molecule has 1 heterocycles.